The molecule has 0 fully saturated rings. The van der Waals surface area contributed by atoms with Crippen LogP contribution in [0, 0.1) is 11.7 Å². The van der Waals surface area contributed by atoms with Gasteiger partial charge in [0.05, 0.1) is 23.9 Å². The zero-order valence-electron chi connectivity index (χ0n) is 15.1. The highest BCUT2D eigenvalue weighted by molar-refractivity contribution is 7.71. The normalized spacial score (nSPS) is 10.9. The van der Waals surface area contributed by atoms with Crippen LogP contribution >= 0.6 is 12.2 Å². The number of ether oxygens (including phenoxy) is 1. The van der Waals surface area contributed by atoms with Gasteiger partial charge in [-0.15, -0.1) is 0 Å². The Bertz CT molecular complexity index is 1310. The van der Waals surface area contributed by atoms with E-state index >= 15 is 0 Å². The molecule has 7 heteroatoms. The van der Waals surface area contributed by atoms with Crippen molar-refractivity contribution >= 4 is 23.2 Å². The van der Waals surface area contributed by atoms with Crippen LogP contribution in [-0.4, -0.2) is 22.2 Å². The van der Waals surface area contributed by atoms with Crippen LogP contribution in [-0.2, 0) is 0 Å². The predicted octanol–water partition coefficient (Wildman–Crippen LogP) is 4.60. The van der Waals surface area contributed by atoms with Crippen LogP contribution in [0.4, 0.5) is 0 Å². The van der Waals surface area contributed by atoms with Gasteiger partial charge >= 0.3 is 5.63 Å². The van der Waals surface area contributed by atoms with Crippen molar-refractivity contribution in [2.24, 2.45) is 0 Å². The molecular weight excluding hydrogens is 376 g/mol. The van der Waals surface area contributed by atoms with Gasteiger partial charge in [0.1, 0.15) is 22.6 Å². The van der Waals surface area contributed by atoms with Crippen LogP contribution in [0.15, 0.2) is 57.7 Å². The van der Waals surface area contributed by atoms with Gasteiger partial charge in [-0.3, -0.25) is 0 Å². The molecule has 0 aliphatic carbocycles. The molecule has 0 amide bonds. The molecule has 0 radical (unpaired) electrons. The van der Waals surface area contributed by atoms with E-state index in [0.717, 1.165) is 11.1 Å². The number of benzene rings is 2. The molecule has 4 rings (SSSR count). The maximum absolute atomic E-state index is 12.6. The first kappa shape index (κ1) is 17.9. The number of hydrogen-bond acceptors (Lipinski definition) is 6. The van der Waals surface area contributed by atoms with Crippen molar-refractivity contribution in [3.05, 3.63) is 69.3 Å². The second kappa shape index (κ2) is 6.94. The van der Waals surface area contributed by atoms with Crippen LogP contribution in [0.1, 0.15) is 5.56 Å². The first-order valence-corrected chi connectivity index (χ1v) is 8.90. The number of H-pyrrole nitrogens is 1. The molecule has 0 saturated heterocycles. The SMILES string of the molecule is COc1ccc(-c2cc(-c3c(O)c4cccc(C)c4oc3=O)[nH]c(=S)n2)cc1. The maximum Gasteiger partial charge on any atom is 0.349 e. The number of rotatable bonds is 3. The number of methoxy groups -OCH3 is 1. The van der Waals surface area contributed by atoms with Crippen molar-refractivity contribution in [1.82, 2.24) is 9.97 Å². The summed E-state index contributed by atoms with van der Waals surface area (Å²) in [5.74, 6) is 0.556. The van der Waals surface area contributed by atoms with E-state index in [0.29, 0.717) is 28.1 Å². The Morgan fingerprint density at radius 1 is 1.18 bits per heavy atom. The van der Waals surface area contributed by atoms with Gasteiger partial charge in [-0.1, -0.05) is 12.1 Å². The minimum absolute atomic E-state index is 0.0151. The van der Waals surface area contributed by atoms with Crippen molar-refractivity contribution in [2.45, 2.75) is 6.92 Å². The van der Waals surface area contributed by atoms with Gasteiger partial charge in [-0.2, -0.15) is 0 Å². The zero-order valence-corrected chi connectivity index (χ0v) is 16.0. The van der Waals surface area contributed by atoms with Crippen molar-refractivity contribution in [3.63, 3.8) is 0 Å². The Balaban J connectivity index is 1.94. The summed E-state index contributed by atoms with van der Waals surface area (Å²) in [4.78, 5) is 19.8. The van der Waals surface area contributed by atoms with E-state index in [1.807, 2.05) is 25.1 Å². The van der Waals surface area contributed by atoms with E-state index < -0.39 is 5.63 Å². The molecule has 28 heavy (non-hydrogen) atoms. The Labute approximate surface area is 165 Å². The van der Waals surface area contributed by atoms with Gasteiger partial charge in [0.2, 0.25) is 0 Å². The average molecular weight is 392 g/mol. The fraction of sp³-hybridized carbons (Fsp3) is 0.0952. The molecule has 0 aliphatic heterocycles. The molecule has 2 N–H and O–H groups in total. The summed E-state index contributed by atoms with van der Waals surface area (Å²) in [6, 6.07) is 14.3. The van der Waals surface area contributed by atoms with Crippen LogP contribution in [0.3, 0.4) is 0 Å². The minimum atomic E-state index is -0.656. The highest BCUT2D eigenvalue weighted by atomic mass is 32.1. The smallest absolute Gasteiger partial charge is 0.349 e. The molecule has 4 aromatic rings. The quantitative estimate of drug-likeness (QED) is 0.391. The van der Waals surface area contributed by atoms with E-state index in [4.69, 9.17) is 21.4 Å². The lowest BCUT2D eigenvalue weighted by Gasteiger charge is -2.09. The van der Waals surface area contributed by atoms with Crippen molar-refractivity contribution in [2.75, 3.05) is 7.11 Å². The Kier molecular flexibility index (Phi) is 4.44. The van der Waals surface area contributed by atoms with E-state index in [-0.39, 0.29) is 16.1 Å². The van der Waals surface area contributed by atoms with Crippen molar-refractivity contribution in [1.29, 1.82) is 0 Å². The summed E-state index contributed by atoms with van der Waals surface area (Å²) < 4.78 is 10.8. The lowest BCUT2D eigenvalue weighted by atomic mass is 10.1. The summed E-state index contributed by atoms with van der Waals surface area (Å²) >= 11 is 5.23. The molecule has 0 bridgehead atoms. The monoisotopic (exact) mass is 392 g/mol. The summed E-state index contributed by atoms with van der Waals surface area (Å²) in [6.45, 7) is 1.81. The van der Waals surface area contributed by atoms with Gasteiger partial charge in [0.15, 0.2) is 4.77 Å². The second-order valence-electron chi connectivity index (χ2n) is 6.28. The number of aromatic nitrogens is 2. The highest BCUT2D eigenvalue weighted by Crippen LogP contribution is 2.34. The lowest BCUT2D eigenvalue weighted by molar-refractivity contribution is 0.415. The fourth-order valence-corrected chi connectivity index (χ4v) is 3.30. The second-order valence-corrected chi connectivity index (χ2v) is 6.67. The molecule has 2 heterocycles. The number of nitrogens with zero attached hydrogens (tertiary/aromatic N) is 1. The van der Waals surface area contributed by atoms with Gasteiger partial charge in [0.25, 0.3) is 0 Å². The van der Waals surface area contributed by atoms with Crippen molar-refractivity contribution in [3.8, 4) is 34.0 Å². The van der Waals surface area contributed by atoms with Crippen LogP contribution < -0.4 is 10.4 Å². The first-order valence-electron chi connectivity index (χ1n) is 8.49. The molecule has 0 unspecified atom stereocenters. The first-order chi connectivity index (χ1) is 13.5. The topological polar surface area (TPSA) is 88.4 Å². The van der Waals surface area contributed by atoms with Crippen LogP contribution in [0.25, 0.3) is 33.5 Å². The molecule has 2 aromatic heterocycles. The standard InChI is InChI=1S/C21H16N2O4S/c1-11-4-3-5-14-18(24)17(20(25)27-19(11)14)16-10-15(22-21(28)23-16)12-6-8-13(26-2)9-7-12/h3-10,24H,1-2H3,(H,22,23,28). The third kappa shape index (κ3) is 3.05. The molecule has 140 valence electrons. The summed E-state index contributed by atoms with van der Waals surface area (Å²) in [5.41, 5.74) is 2.17. The Hall–Kier alpha value is -3.45. The van der Waals surface area contributed by atoms with Crippen molar-refractivity contribution < 1.29 is 14.3 Å². The van der Waals surface area contributed by atoms with E-state index in [1.54, 1.807) is 37.4 Å². The fourth-order valence-electron chi connectivity index (χ4n) is 3.09. The predicted molar refractivity (Wildman–Crippen MR) is 109 cm³/mol. The van der Waals surface area contributed by atoms with E-state index in [9.17, 15) is 9.90 Å². The largest absolute Gasteiger partial charge is 0.506 e. The number of fused-ring (bicyclic) bond motifs is 1. The number of hydrogen-bond donors (Lipinski definition) is 2. The minimum Gasteiger partial charge on any atom is -0.506 e. The van der Waals surface area contributed by atoms with Gasteiger partial charge in [-0.05, 0) is 61.1 Å². The zero-order chi connectivity index (χ0) is 19.8. The number of para-hydroxylation sites is 1. The Morgan fingerprint density at radius 2 is 1.93 bits per heavy atom. The summed E-state index contributed by atoms with van der Waals surface area (Å²) in [6.07, 6.45) is 0. The molecule has 0 aliphatic rings. The van der Waals surface area contributed by atoms with Crippen LogP contribution in [0.2, 0.25) is 0 Å². The number of nitrogens with one attached hydrogen (secondary N) is 1. The molecule has 6 nitrogen and oxygen atoms in total. The van der Waals surface area contributed by atoms with Gasteiger partial charge in [-0.25, -0.2) is 9.78 Å². The average Bonchev–Trinajstić information content (AvgIpc) is 2.69. The number of aromatic amines is 1. The lowest BCUT2D eigenvalue weighted by Crippen LogP contribution is -2.06. The number of aromatic hydroxyl groups is 1. The maximum atomic E-state index is 12.6. The molecule has 2 aromatic carbocycles. The molecule has 0 saturated carbocycles. The highest BCUT2D eigenvalue weighted by Gasteiger charge is 2.18. The third-order valence-electron chi connectivity index (χ3n) is 4.50. The summed E-state index contributed by atoms with van der Waals surface area (Å²) in [7, 11) is 1.59. The van der Waals surface area contributed by atoms with Crippen LogP contribution in [0.5, 0.6) is 11.5 Å². The van der Waals surface area contributed by atoms with Gasteiger partial charge in [0, 0.05) is 5.56 Å². The number of aryl methyl sites for hydroxylation is 1. The third-order valence-corrected chi connectivity index (χ3v) is 4.70. The molecule has 0 atom stereocenters. The summed E-state index contributed by atoms with van der Waals surface area (Å²) in [5, 5.41) is 11.2. The Morgan fingerprint density at radius 3 is 2.64 bits per heavy atom. The molecule has 0 spiro atoms. The van der Waals surface area contributed by atoms with E-state index in [2.05, 4.69) is 9.97 Å². The van der Waals surface area contributed by atoms with E-state index in [1.165, 1.54) is 0 Å². The van der Waals surface area contributed by atoms with Gasteiger partial charge < -0.3 is 19.2 Å². The molecular formula is C21H16N2O4S.